The lowest BCUT2D eigenvalue weighted by atomic mass is 9.80. The van der Waals surface area contributed by atoms with Gasteiger partial charge in [0.15, 0.2) is 0 Å². The van der Waals surface area contributed by atoms with Crippen molar-refractivity contribution in [2.75, 3.05) is 20.2 Å². The average molecular weight is 339 g/mol. The third kappa shape index (κ3) is 2.87. The maximum atomic E-state index is 12.5. The lowest BCUT2D eigenvalue weighted by Crippen LogP contribution is -2.46. The number of amides is 1. The van der Waals surface area contributed by atoms with Crippen LogP contribution in [0.4, 0.5) is 0 Å². The quantitative estimate of drug-likeness (QED) is 0.650. The normalized spacial score (nSPS) is 22.6. The van der Waals surface area contributed by atoms with E-state index < -0.39 is 0 Å². The molecule has 5 heteroatoms. The van der Waals surface area contributed by atoms with Crippen LogP contribution < -0.4 is 5.48 Å². The van der Waals surface area contributed by atoms with Crippen LogP contribution in [0.5, 0.6) is 0 Å². The third-order valence-electron chi connectivity index (χ3n) is 5.38. The molecule has 2 unspecified atom stereocenters. The molecule has 1 aromatic heterocycles. The van der Waals surface area contributed by atoms with Gasteiger partial charge < -0.3 is 4.98 Å². The van der Waals surface area contributed by atoms with Gasteiger partial charge in [-0.2, -0.15) is 0 Å². The summed E-state index contributed by atoms with van der Waals surface area (Å²) in [5.74, 6) is -0.241. The van der Waals surface area contributed by atoms with E-state index in [1.807, 2.05) is 0 Å². The first-order valence-corrected chi connectivity index (χ1v) is 9.12. The number of nitrogens with zero attached hydrogens (tertiary/aromatic N) is 1. The molecule has 0 saturated heterocycles. The highest BCUT2D eigenvalue weighted by molar-refractivity contribution is 5.99. The van der Waals surface area contributed by atoms with Gasteiger partial charge in [-0.15, -0.1) is 0 Å². The van der Waals surface area contributed by atoms with Gasteiger partial charge in [-0.05, 0) is 42.7 Å². The van der Waals surface area contributed by atoms with E-state index >= 15 is 0 Å². The fraction of sp³-hybridized carbons (Fsp3) is 0.450. The number of aromatic nitrogens is 1. The van der Waals surface area contributed by atoms with Crippen LogP contribution in [0.1, 0.15) is 30.9 Å². The maximum Gasteiger partial charge on any atom is 0.251 e. The van der Waals surface area contributed by atoms with Gasteiger partial charge in [0.2, 0.25) is 0 Å². The van der Waals surface area contributed by atoms with Crippen LogP contribution in [0.2, 0.25) is 0 Å². The van der Waals surface area contributed by atoms with E-state index in [4.69, 9.17) is 4.84 Å². The molecule has 25 heavy (non-hydrogen) atoms. The molecule has 0 spiro atoms. The molecular weight excluding hydrogens is 314 g/mol. The summed E-state index contributed by atoms with van der Waals surface area (Å²) in [5, 5.41) is 1.30. The number of carbonyl (C=O) groups excluding carboxylic acids is 1. The van der Waals surface area contributed by atoms with Gasteiger partial charge >= 0.3 is 0 Å². The Morgan fingerprint density at radius 3 is 3.16 bits per heavy atom. The number of rotatable bonds is 5. The fourth-order valence-electron chi connectivity index (χ4n) is 4.03. The van der Waals surface area contributed by atoms with E-state index in [-0.39, 0.29) is 11.8 Å². The number of carbonyl (C=O) groups is 1. The van der Waals surface area contributed by atoms with Crippen molar-refractivity contribution in [3.63, 3.8) is 0 Å². The van der Waals surface area contributed by atoms with Crippen LogP contribution in [0.3, 0.4) is 0 Å². The van der Waals surface area contributed by atoms with E-state index in [1.54, 1.807) is 0 Å². The number of aromatic amines is 1. The Kier molecular flexibility index (Phi) is 4.36. The smallest absolute Gasteiger partial charge is 0.251 e. The number of hydrogen-bond donors (Lipinski definition) is 2. The highest BCUT2D eigenvalue weighted by Crippen LogP contribution is 2.40. The Labute approximate surface area is 148 Å². The van der Waals surface area contributed by atoms with E-state index in [1.165, 1.54) is 27.6 Å². The van der Waals surface area contributed by atoms with Crippen LogP contribution in [0.15, 0.2) is 30.5 Å². The second-order valence-electron chi connectivity index (χ2n) is 7.10. The molecule has 0 fully saturated rings. The maximum absolute atomic E-state index is 12.5. The number of benzene rings is 1. The Bertz CT molecular complexity index is 823. The van der Waals surface area contributed by atoms with Crippen molar-refractivity contribution in [3.8, 4) is 0 Å². The number of fused-ring (bicyclic) bond motifs is 2. The molecule has 2 aliphatic rings. The second-order valence-corrected chi connectivity index (χ2v) is 7.10. The molecule has 1 aliphatic heterocycles. The van der Waals surface area contributed by atoms with Gasteiger partial charge in [0, 0.05) is 29.7 Å². The summed E-state index contributed by atoms with van der Waals surface area (Å²) in [5.41, 5.74) is 7.68. The standard InChI is InChI=1S/C20H25N3O2/c1-3-4-8-25-22-20(24)14-9-16-15-6-5-7-17-19(15)13(11-21-17)10-18(16)23(2)12-14/h5-7,9,11,14,18,21H,3-4,8,10,12H2,1-2H3,(H,22,24). The minimum absolute atomic E-state index is 0.0547. The zero-order valence-corrected chi connectivity index (χ0v) is 14.8. The predicted molar refractivity (Wildman–Crippen MR) is 98.9 cm³/mol. The Morgan fingerprint density at radius 2 is 2.32 bits per heavy atom. The minimum Gasteiger partial charge on any atom is -0.361 e. The molecule has 2 aromatic rings. The molecule has 132 valence electrons. The molecule has 2 N–H and O–H groups in total. The van der Waals surface area contributed by atoms with Crippen molar-refractivity contribution < 1.29 is 9.63 Å². The zero-order chi connectivity index (χ0) is 17.4. The summed E-state index contributed by atoms with van der Waals surface area (Å²) in [6, 6.07) is 6.70. The van der Waals surface area contributed by atoms with E-state index in [0.29, 0.717) is 19.2 Å². The van der Waals surface area contributed by atoms with Crippen molar-refractivity contribution in [2.45, 2.75) is 32.2 Å². The lowest BCUT2D eigenvalue weighted by molar-refractivity contribution is -0.137. The summed E-state index contributed by atoms with van der Waals surface area (Å²) < 4.78 is 0. The summed E-state index contributed by atoms with van der Waals surface area (Å²) in [6.07, 6.45) is 7.26. The van der Waals surface area contributed by atoms with Crippen LogP contribution in [0.25, 0.3) is 16.5 Å². The largest absolute Gasteiger partial charge is 0.361 e. The molecule has 0 bridgehead atoms. The molecule has 0 radical (unpaired) electrons. The van der Waals surface area contributed by atoms with Gasteiger partial charge in [-0.3, -0.25) is 14.5 Å². The summed E-state index contributed by atoms with van der Waals surface area (Å²) in [6.45, 7) is 3.38. The van der Waals surface area contributed by atoms with Crippen LogP contribution in [-0.4, -0.2) is 42.0 Å². The second kappa shape index (κ2) is 6.65. The zero-order valence-electron chi connectivity index (χ0n) is 14.8. The molecule has 0 saturated carbocycles. The van der Waals surface area contributed by atoms with E-state index in [2.05, 4.69) is 59.8 Å². The number of nitrogens with one attached hydrogen (secondary N) is 2. The average Bonchev–Trinajstić information content (AvgIpc) is 3.04. The highest BCUT2D eigenvalue weighted by Gasteiger charge is 2.35. The molecule has 1 amide bonds. The first-order valence-electron chi connectivity index (χ1n) is 9.12. The van der Waals surface area contributed by atoms with Crippen molar-refractivity contribution >= 4 is 22.4 Å². The Hall–Kier alpha value is -2.11. The van der Waals surface area contributed by atoms with Crippen molar-refractivity contribution in [1.82, 2.24) is 15.4 Å². The number of hydrogen-bond acceptors (Lipinski definition) is 3. The van der Waals surface area contributed by atoms with E-state index in [0.717, 1.165) is 19.3 Å². The molecule has 1 aliphatic carbocycles. The number of H-pyrrole nitrogens is 1. The van der Waals surface area contributed by atoms with Gasteiger partial charge in [-0.1, -0.05) is 31.6 Å². The SMILES string of the molecule is CCCCONC(=O)C1C=C2c3cccc4[nH]cc(c34)CC2N(C)C1. The van der Waals surface area contributed by atoms with E-state index in [9.17, 15) is 4.79 Å². The molecule has 2 atom stereocenters. The number of unbranched alkanes of at least 4 members (excludes halogenated alkanes) is 1. The lowest BCUT2D eigenvalue weighted by Gasteiger charge is -2.39. The molecular formula is C20H25N3O2. The fourth-order valence-corrected chi connectivity index (χ4v) is 4.03. The van der Waals surface area contributed by atoms with Crippen molar-refractivity contribution in [3.05, 3.63) is 41.6 Å². The van der Waals surface area contributed by atoms with Gasteiger partial charge in [-0.25, -0.2) is 5.48 Å². The number of hydroxylamine groups is 1. The van der Waals surface area contributed by atoms with Crippen LogP contribution >= 0.6 is 0 Å². The molecule has 5 nitrogen and oxygen atoms in total. The third-order valence-corrected chi connectivity index (χ3v) is 5.38. The molecule has 2 heterocycles. The van der Waals surface area contributed by atoms with Crippen molar-refractivity contribution in [1.29, 1.82) is 0 Å². The predicted octanol–water partition coefficient (Wildman–Crippen LogP) is 2.89. The monoisotopic (exact) mass is 339 g/mol. The van der Waals surface area contributed by atoms with Crippen LogP contribution in [-0.2, 0) is 16.1 Å². The molecule has 4 rings (SSSR count). The highest BCUT2D eigenvalue weighted by atomic mass is 16.6. The summed E-state index contributed by atoms with van der Waals surface area (Å²) in [7, 11) is 2.10. The van der Waals surface area contributed by atoms with Gasteiger partial charge in [0.05, 0.1) is 12.5 Å². The first-order chi connectivity index (χ1) is 12.2. The topological polar surface area (TPSA) is 57.4 Å². The van der Waals surface area contributed by atoms with Crippen LogP contribution in [0, 0.1) is 5.92 Å². The summed E-state index contributed by atoms with van der Waals surface area (Å²) >= 11 is 0. The first kappa shape index (κ1) is 16.4. The van der Waals surface area contributed by atoms with Gasteiger partial charge in [0.1, 0.15) is 0 Å². The molecule has 1 aromatic carbocycles. The summed E-state index contributed by atoms with van der Waals surface area (Å²) in [4.78, 5) is 23.5. The van der Waals surface area contributed by atoms with Crippen molar-refractivity contribution in [2.24, 2.45) is 5.92 Å². The van der Waals surface area contributed by atoms with Gasteiger partial charge in [0.25, 0.3) is 5.91 Å². The Balaban J connectivity index is 1.62. The Morgan fingerprint density at radius 1 is 1.44 bits per heavy atom. The minimum atomic E-state index is -0.186. The number of likely N-dealkylation sites (N-methyl/N-ethyl adjacent to an activating group) is 1.